The summed E-state index contributed by atoms with van der Waals surface area (Å²) in [7, 11) is 0. The lowest BCUT2D eigenvalue weighted by atomic mass is 9.89. The largest absolute Gasteiger partial charge is 0.352 e. The van der Waals surface area contributed by atoms with Crippen LogP contribution in [0.5, 0.6) is 0 Å². The molecule has 4 nitrogen and oxygen atoms in total. The second-order valence-electron chi connectivity index (χ2n) is 7.73. The number of rotatable bonds is 5. The molecule has 2 heterocycles. The molecular formula is C24H27N3O. The van der Waals surface area contributed by atoms with Gasteiger partial charge in [-0.15, -0.1) is 0 Å². The van der Waals surface area contributed by atoms with Crippen molar-refractivity contribution in [2.45, 2.75) is 39.5 Å². The molecule has 0 bridgehead atoms. The average Bonchev–Trinajstić information content (AvgIpc) is 3.11. The van der Waals surface area contributed by atoms with Crippen LogP contribution in [0.25, 0.3) is 16.9 Å². The summed E-state index contributed by atoms with van der Waals surface area (Å²) in [6, 6.07) is 14.4. The van der Waals surface area contributed by atoms with Crippen molar-refractivity contribution < 1.29 is 4.79 Å². The van der Waals surface area contributed by atoms with E-state index >= 15 is 0 Å². The van der Waals surface area contributed by atoms with Gasteiger partial charge in [-0.3, -0.25) is 9.78 Å². The first kappa shape index (κ1) is 18.5. The van der Waals surface area contributed by atoms with E-state index in [1.54, 1.807) is 0 Å². The van der Waals surface area contributed by atoms with Crippen LogP contribution in [0.1, 0.15) is 48.3 Å². The predicted molar refractivity (Wildman–Crippen MR) is 113 cm³/mol. The van der Waals surface area contributed by atoms with Crippen molar-refractivity contribution in [3.63, 3.8) is 0 Å². The van der Waals surface area contributed by atoms with Gasteiger partial charge in [0.05, 0.1) is 5.69 Å². The van der Waals surface area contributed by atoms with Gasteiger partial charge in [-0.2, -0.15) is 0 Å². The molecule has 1 unspecified atom stereocenters. The van der Waals surface area contributed by atoms with Gasteiger partial charge in [-0.25, -0.2) is 0 Å². The third-order valence-corrected chi connectivity index (χ3v) is 5.52. The molecule has 1 aliphatic carbocycles. The fraction of sp³-hybridized carbons (Fsp3) is 0.333. The quantitative estimate of drug-likeness (QED) is 0.698. The molecule has 0 radical (unpaired) electrons. The fourth-order valence-corrected chi connectivity index (χ4v) is 4.04. The number of hydrogen-bond donors (Lipinski definition) is 1. The van der Waals surface area contributed by atoms with Gasteiger partial charge < -0.3 is 9.88 Å². The Morgan fingerprint density at radius 2 is 2.07 bits per heavy atom. The van der Waals surface area contributed by atoms with Crippen molar-refractivity contribution in [3.8, 4) is 16.9 Å². The zero-order valence-electron chi connectivity index (χ0n) is 16.6. The second kappa shape index (κ2) is 8.01. The van der Waals surface area contributed by atoms with E-state index in [4.69, 9.17) is 0 Å². The Morgan fingerprint density at radius 3 is 2.79 bits per heavy atom. The third-order valence-electron chi connectivity index (χ3n) is 5.52. The zero-order valence-corrected chi connectivity index (χ0v) is 16.6. The molecule has 0 spiro atoms. The minimum Gasteiger partial charge on any atom is -0.352 e. The van der Waals surface area contributed by atoms with Crippen LogP contribution in [0.2, 0.25) is 0 Å². The number of benzene rings is 1. The molecule has 0 aliphatic heterocycles. The van der Waals surface area contributed by atoms with Crippen LogP contribution in [0.3, 0.4) is 0 Å². The number of carbonyl (C=O) groups excluding carboxylic acids is 1. The lowest BCUT2D eigenvalue weighted by Crippen LogP contribution is -2.23. The third kappa shape index (κ3) is 3.59. The highest BCUT2D eigenvalue weighted by molar-refractivity contribution is 5.94. The number of amides is 1. The van der Waals surface area contributed by atoms with E-state index in [2.05, 4.69) is 53.0 Å². The molecule has 2 aromatic heterocycles. The number of nitrogens with zero attached hydrogens (tertiary/aromatic N) is 2. The van der Waals surface area contributed by atoms with E-state index in [1.165, 1.54) is 23.4 Å². The van der Waals surface area contributed by atoms with Crippen molar-refractivity contribution in [3.05, 3.63) is 71.7 Å². The summed E-state index contributed by atoms with van der Waals surface area (Å²) in [6.07, 6.45) is 8.07. The first-order valence-electron chi connectivity index (χ1n) is 10.2. The van der Waals surface area contributed by atoms with Crippen LogP contribution in [-0.2, 0) is 12.8 Å². The van der Waals surface area contributed by atoms with Crippen LogP contribution in [0.15, 0.2) is 54.9 Å². The zero-order chi connectivity index (χ0) is 19.5. The van der Waals surface area contributed by atoms with Crippen LogP contribution in [-0.4, -0.2) is 22.0 Å². The van der Waals surface area contributed by atoms with Gasteiger partial charge in [0.15, 0.2) is 0 Å². The molecule has 3 aromatic rings. The van der Waals surface area contributed by atoms with E-state index in [9.17, 15) is 4.79 Å². The molecule has 0 saturated carbocycles. The van der Waals surface area contributed by atoms with Gasteiger partial charge >= 0.3 is 0 Å². The summed E-state index contributed by atoms with van der Waals surface area (Å²) < 4.78 is 2.35. The number of aromatic nitrogens is 2. The van der Waals surface area contributed by atoms with E-state index < -0.39 is 0 Å². The first-order chi connectivity index (χ1) is 13.7. The van der Waals surface area contributed by atoms with Crippen molar-refractivity contribution in [2.24, 2.45) is 5.92 Å². The Morgan fingerprint density at radius 1 is 1.25 bits per heavy atom. The molecule has 4 rings (SSSR count). The first-order valence-corrected chi connectivity index (χ1v) is 10.2. The maximum absolute atomic E-state index is 12.2. The summed E-state index contributed by atoms with van der Waals surface area (Å²) in [5, 5.41) is 2.94. The highest BCUT2D eigenvalue weighted by atomic mass is 16.1. The highest BCUT2D eigenvalue weighted by Crippen LogP contribution is 2.35. The van der Waals surface area contributed by atoms with Gasteiger partial charge in [0.1, 0.15) is 0 Å². The summed E-state index contributed by atoms with van der Waals surface area (Å²) >= 11 is 0. The van der Waals surface area contributed by atoms with Gasteiger partial charge in [-0.1, -0.05) is 13.8 Å². The minimum absolute atomic E-state index is 0.00996. The van der Waals surface area contributed by atoms with Crippen molar-refractivity contribution >= 4 is 5.91 Å². The van der Waals surface area contributed by atoms with Crippen LogP contribution >= 0.6 is 0 Å². The summed E-state index contributed by atoms with van der Waals surface area (Å²) in [6.45, 7) is 5.09. The van der Waals surface area contributed by atoms with Gasteiger partial charge in [0, 0.05) is 41.4 Å². The summed E-state index contributed by atoms with van der Waals surface area (Å²) in [4.78, 5) is 16.5. The maximum atomic E-state index is 12.2. The van der Waals surface area contributed by atoms with Crippen LogP contribution < -0.4 is 5.32 Å². The van der Waals surface area contributed by atoms with Gasteiger partial charge in [0.25, 0.3) is 5.91 Å². The minimum atomic E-state index is -0.00996. The molecule has 0 saturated heterocycles. The van der Waals surface area contributed by atoms with Gasteiger partial charge in [-0.05, 0) is 79.6 Å². The Kier molecular flexibility index (Phi) is 5.29. The highest BCUT2D eigenvalue weighted by Gasteiger charge is 2.23. The summed E-state index contributed by atoms with van der Waals surface area (Å²) in [5.41, 5.74) is 6.92. The number of fused-ring (bicyclic) bond motifs is 1. The summed E-state index contributed by atoms with van der Waals surface area (Å²) in [5.74, 6) is 0.707. The molecule has 1 aliphatic rings. The average molecular weight is 374 g/mol. The topological polar surface area (TPSA) is 46.9 Å². The van der Waals surface area contributed by atoms with E-state index in [0.717, 1.165) is 36.4 Å². The molecule has 4 heteroatoms. The second-order valence-corrected chi connectivity index (χ2v) is 7.73. The van der Waals surface area contributed by atoms with Crippen LogP contribution in [0.4, 0.5) is 0 Å². The molecule has 1 amide bonds. The molecule has 1 aromatic carbocycles. The molecular weight excluding hydrogens is 346 g/mol. The normalized spacial score (nSPS) is 15.9. The van der Waals surface area contributed by atoms with Crippen molar-refractivity contribution in [1.82, 2.24) is 14.9 Å². The Hall–Kier alpha value is -2.88. The lowest BCUT2D eigenvalue weighted by molar-refractivity contribution is 0.0953. The number of pyridine rings is 1. The monoisotopic (exact) mass is 373 g/mol. The lowest BCUT2D eigenvalue weighted by Gasteiger charge is -2.21. The maximum Gasteiger partial charge on any atom is 0.251 e. The molecule has 0 fully saturated rings. The number of hydrogen-bond acceptors (Lipinski definition) is 2. The standard InChI is InChI=1S/C24H27N3O/c1-3-12-26-24(28)18-7-9-21(10-8-18)27-22-11-6-17(2)14-20(22)15-23(27)19-5-4-13-25-16-19/h4-5,7-10,13,15-17H,3,6,11-12,14H2,1-2H3,(H,26,28). The van der Waals surface area contributed by atoms with E-state index in [-0.39, 0.29) is 5.91 Å². The Bertz CT molecular complexity index is 958. The SMILES string of the molecule is CCCNC(=O)c1ccc(-n2c(-c3cccnc3)cc3c2CCC(C)C3)cc1. The smallest absolute Gasteiger partial charge is 0.251 e. The predicted octanol–water partition coefficient (Wildman–Crippen LogP) is 4.80. The number of carbonyl (C=O) groups is 1. The number of nitrogens with one attached hydrogen (secondary N) is 1. The van der Waals surface area contributed by atoms with Gasteiger partial charge in [0.2, 0.25) is 0 Å². The molecule has 144 valence electrons. The molecule has 28 heavy (non-hydrogen) atoms. The van der Waals surface area contributed by atoms with Crippen molar-refractivity contribution in [2.75, 3.05) is 6.54 Å². The molecule has 1 N–H and O–H groups in total. The van der Waals surface area contributed by atoms with E-state index in [1.807, 2.05) is 30.6 Å². The Balaban J connectivity index is 1.75. The fourth-order valence-electron chi connectivity index (χ4n) is 4.04. The van der Waals surface area contributed by atoms with Crippen LogP contribution in [0, 0.1) is 5.92 Å². The molecule has 1 atom stereocenters. The van der Waals surface area contributed by atoms with Crippen molar-refractivity contribution in [1.29, 1.82) is 0 Å². The Labute approximate surface area is 166 Å². The van der Waals surface area contributed by atoms with E-state index in [0.29, 0.717) is 12.1 Å².